The Bertz CT molecular complexity index is 358. The van der Waals surface area contributed by atoms with E-state index in [0.717, 1.165) is 0 Å². The summed E-state index contributed by atoms with van der Waals surface area (Å²) >= 11 is 3.06. The Kier molecular flexibility index (Phi) is 2.31. The summed E-state index contributed by atoms with van der Waals surface area (Å²) in [7, 11) is -4.11. The van der Waals surface area contributed by atoms with Crippen LogP contribution in [-0.2, 0) is 10.1 Å². The molecule has 0 atom stereocenters. The molecule has 1 aromatic rings. The predicted octanol–water partition coefficient (Wildman–Crippen LogP) is 1.50. The normalized spacial score (nSPS) is 11.5. The van der Waals surface area contributed by atoms with Gasteiger partial charge in [0.05, 0.1) is 0 Å². The van der Waals surface area contributed by atoms with Crippen molar-refractivity contribution >= 4 is 26.0 Å². The first kappa shape index (κ1) is 8.70. The van der Waals surface area contributed by atoms with Crippen LogP contribution in [0.1, 0.15) is 0 Å². The Labute approximate surface area is 72.9 Å². The second-order valence-electron chi connectivity index (χ2n) is 1.85. The highest BCUT2D eigenvalue weighted by molar-refractivity contribution is 9.10. The lowest BCUT2D eigenvalue weighted by Crippen LogP contribution is -1.97. The second-order valence-corrected chi connectivity index (χ2v) is 4.15. The minimum Gasteiger partial charge on any atom is -0.282 e. The molecule has 1 radical (unpaired) electrons. The van der Waals surface area contributed by atoms with Gasteiger partial charge in [-0.25, -0.2) is 0 Å². The van der Waals surface area contributed by atoms with E-state index in [1.54, 1.807) is 6.07 Å². The van der Waals surface area contributed by atoms with E-state index in [9.17, 15) is 8.42 Å². The third-order valence-corrected chi connectivity index (χ3v) is 2.30. The van der Waals surface area contributed by atoms with Crippen molar-refractivity contribution in [2.75, 3.05) is 0 Å². The van der Waals surface area contributed by atoms with Crippen LogP contribution in [0.3, 0.4) is 0 Å². The van der Waals surface area contributed by atoms with Crippen molar-refractivity contribution in [3.8, 4) is 0 Å². The van der Waals surface area contributed by atoms with E-state index in [0.29, 0.717) is 4.47 Å². The molecule has 5 heteroatoms. The SMILES string of the molecule is O=S(=O)(O)c1[c]ccc(Br)c1. The van der Waals surface area contributed by atoms with E-state index in [1.165, 1.54) is 12.1 Å². The van der Waals surface area contributed by atoms with Crippen LogP contribution < -0.4 is 0 Å². The lowest BCUT2D eigenvalue weighted by atomic mass is 10.4. The van der Waals surface area contributed by atoms with Crippen molar-refractivity contribution in [1.82, 2.24) is 0 Å². The fourth-order valence-corrected chi connectivity index (χ4v) is 1.57. The molecule has 0 aliphatic heterocycles. The zero-order chi connectivity index (χ0) is 8.48. The zero-order valence-corrected chi connectivity index (χ0v) is 7.68. The largest absolute Gasteiger partial charge is 0.295 e. The van der Waals surface area contributed by atoms with E-state index in [4.69, 9.17) is 4.55 Å². The van der Waals surface area contributed by atoms with Gasteiger partial charge < -0.3 is 0 Å². The molecular weight excluding hydrogens is 232 g/mol. The minimum absolute atomic E-state index is 0.230. The standard InChI is InChI=1S/C6H4BrO3S/c7-5-2-1-3-6(4-5)11(8,9)10/h1-2,4H,(H,8,9,10). The first-order chi connectivity index (χ1) is 5.00. The third kappa shape index (κ3) is 2.28. The highest BCUT2D eigenvalue weighted by atomic mass is 79.9. The van der Waals surface area contributed by atoms with Gasteiger partial charge in [0.2, 0.25) is 0 Å². The van der Waals surface area contributed by atoms with E-state index >= 15 is 0 Å². The quantitative estimate of drug-likeness (QED) is 0.751. The molecule has 0 aromatic heterocycles. The maximum atomic E-state index is 10.5. The van der Waals surface area contributed by atoms with Gasteiger partial charge in [0, 0.05) is 10.5 Å². The maximum absolute atomic E-state index is 10.5. The zero-order valence-electron chi connectivity index (χ0n) is 5.28. The fourth-order valence-electron chi connectivity index (χ4n) is 0.567. The third-order valence-electron chi connectivity index (χ3n) is 1.02. The average Bonchev–Trinajstić information content (AvgIpc) is 1.86. The number of rotatable bonds is 1. The van der Waals surface area contributed by atoms with Crippen molar-refractivity contribution < 1.29 is 13.0 Å². The molecule has 0 spiro atoms. The van der Waals surface area contributed by atoms with Crippen LogP contribution >= 0.6 is 15.9 Å². The predicted molar refractivity (Wildman–Crippen MR) is 42.8 cm³/mol. The van der Waals surface area contributed by atoms with Crippen molar-refractivity contribution in [1.29, 1.82) is 0 Å². The smallest absolute Gasteiger partial charge is 0.282 e. The first-order valence-corrected chi connectivity index (χ1v) is 4.88. The van der Waals surface area contributed by atoms with Gasteiger partial charge in [-0.2, -0.15) is 8.42 Å². The summed E-state index contributed by atoms with van der Waals surface area (Å²) in [5.41, 5.74) is 0. The van der Waals surface area contributed by atoms with Gasteiger partial charge in [0.15, 0.2) is 0 Å². The van der Waals surface area contributed by atoms with Crippen molar-refractivity contribution in [3.05, 3.63) is 28.7 Å². The van der Waals surface area contributed by atoms with Crippen LogP contribution in [0.4, 0.5) is 0 Å². The Morgan fingerprint density at radius 3 is 2.55 bits per heavy atom. The Morgan fingerprint density at radius 1 is 1.55 bits per heavy atom. The lowest BCUT2D eigenvalue weighted by molar-refractivity contribution is 0.483. The van der Waals surface area contributed by atoms with Crippen LogP contribution in [0.5, 0.6) is 0 Å². The molecule has 0 saturated heterocycles. The highest BCUT2D eigenvalue weighted by Gasteiger charge is 2.08. The Hall–Kier alpha value is -0.390. The van der Waals surface area contributed by atoms with Gasteiger partial charge in [0.25, 0.3) is 10.1 Å². The van der Waals surface area contributed by atoms with E-state index in [2.05, 4.69) is 22.0 Å². The van der Waals surface area contributed by atoms with Gasteiger partial charge in [-0.15, -0.1) is 0 Å². The van der Waals surface area contributed by atoms with Crippen LogP contribution in [0.2, 0.25) is 0 Å². The number of hydrogen-bond acceptors (Lipinski definition) is 2. The van der Waals surface area contributed by atoms with Gasteiger partial charge in [0.1, 0.15) is 4.90 Å². The fraction of sp³-hybridized carbons (Fsp3) is 0. The summed E-state index contributed by atoms with van der Waals surface area (Å²) in [5, 5.41) is 0. The topological polar surface area (TPSA) is 54.4 Å². The molecule has 0 fully saturated rings. The first-order valence-electron chi connectivity index (χ1n) is 2.65. The highest BCUT2D eigenvalue weighted by Crippen LogP contribution is 2.14. The minimum atomic E-state index is -4.11. The number of benzene rings is 1. The molecule has 0 aliphatic rings. The second kappa shape index (κ2) is 2.92. The van der Waals surface area contributed by atoms with Crippen molar-refractivity contribution in [3.63, 3.8) is 0 Å². The summed E-state index contributed by atoms with van der Waals surface area (Å²) < 4.78 is 30.1. The molecule has 11 heavy (non-hydrogen) atoms. The van der Waals surface area contributed by atoms with Crippen molar-refractivity contribution in [2.24, 2.45) is 0 Å². The summed E-state index contributed by atoms with van der Waals surface area (Å²) in [6.45, 7) is 0. The molecule has 1 N–H and O–H groups in total. The van der Waals surface area contributed by atoms with Crippen LogP contribution in [0.25, 0.3) is 0 Å². The molecule has 0 bridgehead atoms. The van der Waals surface area contributed by atoms with Gasteiger partial charge in [-0.3, -0.25) is 4.55 Å². The molecule has 0 heterocycles. The number of hydrogen-bond donors (Lipinski definition) is 1. The van der Waals surface area contributed by atoms with Crippen molar-refractivity contribution in [2.45, 2.75) is 4.90 Å². The molecule has 1 aromatic carbocycles. The average molecular weight is 236 g/mol. The van der Waals surface area contributed by atoms with Crippen LogP contribution in [0.15, 0.2) is 27.6 Å². The van der Waals surface area contributed by atoms with E-state index in [-0.39, 0.29) is 4.90 Å². The van der Waals surface area contributed by atoms with Crippen LogP contribution in [0, 0.1) is 6.07 Å². The summed E-state index contributed by atoms with van der Waals surface area (Å²) in [6, 6.07) is 6.68. The molecule has 59 valence electrons. The summed E-state index contributed by atoms with van der Waals surface area (Å²) in [6.07, 6.45) is 0. The Balaban J connectivity index is 3.28. The number of halogens is 1. The molecule has 0 unspecified atom stereocenters. The molecule has 3 nitrogen and oxygen atoms in total. The van der Waals surface area contributed by atoms with Crippen LogP contribution in [-0.4, -0.2) is 13.0 Å². The Morgan fingerprint density at radius 2 is 2.18 bits per heavy atom. The maximum Gasteiger partial charge on any atom is 0.295 e. The van der Waals surface area contributed by atoms with E-state index < -0.39 is 10.1 Å². The summed E-state index contributed by atoms with van der Waals surface area (Å²) in [5.74, 6) is 0. The van der Waals surface area contributed by atoms with Gasteiger partial charge >= 0.3 is 0 Å². The van der Waals surface area contributed by atoms with Gasteiger partial charge in [-0.1, -0.05) is 22.0 Å². The molecule has 0 amide bonds. The molecule has 0 saturated carbocycles. The molecular formula is C6H4BrO3S. The monoisotopic (exact) mass is 235 g/mol. The van der Waals surface area contributed by atoms with E-state index in [1.807, 2.05) is 0 Å². The lowest BCUT2D eigenvalue weighted by Gasteiger charge is -1.94. The molecule has 0 aliphatic carbocycles. The van der Waals surface area contributed by atoms with Gasteiger partial charge in [-0.05, 0) is 12.1 Å². The summed E-state index contributed by atoms with van der Waals surface area (Å²) in [4.78, 5) is -0.230. The molecule has 1 rings (SSSR count).